The van der Waals surface area contributed by atoms with Crippen molar-refractivity contribution in [3.8, 4) is 0 Å². The Bertz CT molecular complexity index is 421. The highest BCUT2D eigenvalue weighted by Crippen LogP contribution is 2.25. The lowest BCUT2D eigenvalue weighted by Gasteiger charge is -2.21. The van der Waals surface area contributed by atoms with Crippen LogP contribution in [0.3, 0.4) is 0 Å². The Morgan fingerprint density at radius 1 is 1.56 bits per heavy atom. The van der Waals surface area contributed by atoms with E-state index in [2.05, 4.69) is 22.9 Å². The SMILES string of the molecule is CC1CCCN1C(=O)c1ccc(Br)cc1Cl. The second-order valence-electron chi connectivity index (χ2n) is 4.11. The number of likely N-dealkylation sites (tertiary alicyclic amines) is 1. The van der Waals surface area contributed by atoms with Gasteiger partial charge in [0.2, 0.25) is 0 Å². The normalized spacial score (nSPS) is 20.2. The third kappa shape index (κ3) is 2.25. The number of nitrogens with zero attached hydrogens (tertiary/aromatic N) is 1. The van der Waals surface area contributed by atoms with Gasteiger partial charge in [0.15, 0.2) is 0 Å². The summed E-state index contributed by atoms with van der Waals surface area (Å²) in [7, 11) is 0. The van der Waals surface area contributed by atoms with Crippen LogP contribution in [0, 0.1) is 0 Å². The lowest BCUT2D eigenvalue weighted by molar-refractivity contribution is 0.0747. The maximum Gasteiger partial charge on any atom is 0.255 e. The lowest BCUT2D eigenvalue weighted by atomic mass is 10.2. The molecule has 1 saturated heterocycles. The zero-order valence-electron chi connectivity index (χ0n) is 9.04. The Labute approximate surface area is 109 Å². The van der Waals surface area contributed by atoms with E-state index in [9.17, 15) is 4.79 Å². The second kappa shape index (κ2) is 4.76. The number of amides is 1. The molecular weight excluding hydrogens is 289 g/mol. The summed E-state index contributed by atoms with van der Waals surface area (Å²) in [6.07, 6.45) is 2.17. The molecule has 0 aliphatic carbocycles. The van der Waals surface area contributed by atoms with Gasteiger partial charge in [-0.15, -0.1) is 0 Å². The summed E-state index contributed by atoms with van der Waals surface area (Å²) < 4.78 is 0.892. The highest BCUT2D eigenvalue weighted by atomic mass is 79.9. The van der Waals surface area contributed by atoms with Crippen molar-refractivity contribution in [1.29, 1.82) is 0 Å². The zero-order valence-corrected chi connectivity index (χ0v) is 11.4. The zero-order chi connectivity index (χ0) is 11.7. The monoisotopic (exact) mass is 301 g/mol. The molecule has 0 aromatic heterocycles. The van der Waals surface area contributed by atoms with E-state index < -0.39 is 0 Å². The molecule has 4 heteroatoms. The van der Waals surface area contributed by atoms with Gasteiger partial charge in [-0.25, -0.2) is 0 Å². The van der Waals surface area contributed by atoms with Gasteiger partial charge in [0.05, 0.1) is 10.6 Å². The minimum absolute atomic E-state index is 0.0440. The number of halogens is 2. The van der Waals surface area contributed by atoms with E-state index >= 15 is 0 Å². The summed E-state index contributed by atoms with van der Waals surface area (Å²) in [4.78, 5) is 14.1. The van der Waals surface area contributed by atoms with Crippen LogP contribution in [0.25, 0.3) is 0 Å². The fourth-order valence-electron chi connectivity index (χ4n) is 2.05. The van der Waals surface area contributed by atoms with Gasteiger partial charge in [0.1, 0.15) is 0 Å². The van der Waals surface area contributed by atoms with Gasteiger partial charge in [-0.1, -0.05) is 27.5 Å². The molecule has 1 atom stereocenters. The molecule has 1 fully saturated rings. The van der Waals surface area contributed by atoms with Crippen molar-refractivity contribution in [2.75, 3.05) is 6.54 Å². The van der Waals surface area contributed by atoms with Gasteiger partial charge >= 0.3 is 0 Å². The van der Waals surface area contributed by atoms with Crippen molar-refractivity contribution < 1.29 is 4.79 Å². The molecule has 1 aromatic carbocycles. The number of carbonyl (C=O) groups excluding carboxylic acids is 1. The van der Waals surface area contributed by atoms with Crippen LogP contribution in [-0.2, 0) is 0 Å². The summed E-state index contributed by atoms with van der Waals surface area (Å²) in [5, 5.41) is 0.512. The van der Waals surface area contributed by atoms with Crippen LogP contribution >= 0.6 is 27.5 Å². The van der Waals surface area contributed by atoms with Crippen LogP contribution in [0.15, 0.2) is 22.7 Å². The first-order valence-electron chi connectivity index (χ1n) is 5.35. The van der Waals surface area contributed by atoms with E-state index in [0.29, 0.717) is 16.6 Å². The van der Waals surface area contributed by atoms with Crippen LogP contribution in [0.2, 0.25) is 5.02 Å². The molecule has 1 aromatic rings. The van der Waals surface area contributed by atoms with E-state index in [1.165, 1.54) is 0 Å². The van der Waals surface area contributed by atoms with Crippen molar-refractivity contribution in [3.05, 3.63) is 33.3 Å². The maximum absolute atomic E-state index is 12.2. The Hall–Kier alpha value is -0.540. The maximum atomic E-state index is 12.2. The molecule has 1 amide bonds. The van der Waals surface area contributed by atoms with Crippen LogP contribution in [0.4, 0.5) is 0 Å². The standard InChI is InChI=1S/C12H13BrClNO/c1-8-3-2-6-15(8)12(16)10-5-4-9(13)7-11(10)14/h4-5,7-8H,2-3,6H2,1H3. The van der Waals surface area contributed by atoms with Gasteiger partial charge in [0.25, 0.3) is 5.91 Å². The van der Waals surface area contributed by atoms with Crippen molar-refractivity contribution in [2.24, 2.45) is 0 Å². The molecule has 2 rings (SSSR count). The largest absolute Gasteiger partial charge is 0.336 e. The van der Waals surface area contributed by atoms with Crippen LogP contribution in [0.5, 0.6) is 0 Å². The average Bonchev–Trinajstić information content (AvgIpc) is 2.63. The van der Waals surface area contributed by atoms with E-state index in [4.69, 9.17) is 11.6 Å². The fraction of sp³-hybridized carbons (Fsp3) is 0.417. The minimum Gasteiger partial charge on any atom is -0.336 e. The van der Waals surface area contributed by atoms with Crippen LogP contribution in [0.1, 0.15) is 30.1 Å². The molecule has 0 N–H and O–H groups in total. The molecule has 1 unspecified atom stereocenters. The number of carbonyl (C=O) groups is 1. The van der Waals surface area contributed by atoms with Gasteiger partial charge < -0.3 is 4.90 Å². The molecule has 0 spiro atoms. The molecule has 0 bridgehead atoms. The van der Waals surface area contributed by atoms with E-state index in [-0.39, 0.29) is 5.91 Å². The molecule has 1 aliphatic rings. The number of hydrogen-bond donors (Lipinski definition) is 0. The van der Waals surface area contributed by atoms with Crippen molar-refractivity contribution >= 4 is 33.4 Å². The molecule has 1 aliphatic heterocycles. The van der Waals surface area contributed by atoms with Gasteiger partial charge in [-0.05, 0) is 38.0 Å². The highest BCUT2D eigenvalue weighted by molar-refractivity contribution is 9.10. The summed E-state index contributed by atoms with van der Waals surface area (Å²) >= 11 is 9.40. The van der Waals surface area contributed by atoms with E-state index in [1.54, 1.807) is 12.1 Å². The fourth-order valence-corrected chi connectivity index (χ4v) is 2.81. The lowest BCUT2D eigenvalue weighted by Crippen LogP contribution is -2.33. The predicted octanol–water partition coefficient (Wildman–Crippen LogP) is 3.73. The summed E-state index contributed by atoms with van der Waals surface area (Å²) in [6, 6.07) is 5.71. The summed E-state index contributed by atoms with van der Waals surface area (Å²) in [6.45, 7) is 2.92. The first-order valence-corrected chi connectivity index (χ1v) is 6.52. The van der Waals surface area contributed by atoms with Gasteiger partial charge in [0, 0.05) is 17.1 Å². The Kier molecular flexibility index (Phi) is 3.55. The Morgan fingerprint density at radius 2 is 2.31 bits per heavy atom. The number of hydrogen-bond acceptors (Lipinski definition) is 1. The van der Waals surface area contributed by atoms with Crippen LogP contribution in [-0.4, -0.2) is 23.4 Å². The average molecular weight is 303 g/mol. The number of rotatable bonds is 1. The molecule has 1 heterocycles. The smallest absolute Gasteiger partial charge is 0.255 e. The van der Waals surface area contributed by atoms with Gasteiger partial charge in [-0.2, -0.15) is 0 Å². The topological polar surface area (TPSA) is 20.3 Å². The van der Waals surface area contributed by atoms with Crippen molar-refractivity contribution in [2.45, 2.75) is 25.8 Å². The first kappa shape index (κ1) is 11.9. The Morgan fingerprint density at radius 3 is 2.88 bits per heavy atom. The van der Waals surface area contributed by atoms with E-state index in [1.807, 2.05) is 11.0 Å². The third-order valence-electron chi connectivity index (χ3n) is 2.98. The van der Waals surface area contributed by atoms with Gasteiger partial charge in [-0.3, -0.25) is 4.79 Å². The highest BCUT2D eigenvalue weighted by Gasteiger charge is 2.27. The number of benzene rings is 1. The predicted molar refractivity (Wildman–Crippen MR) is 68.9 cm³/mol. The summed E-state index contributed by atoms with van der Waals surface area (Å²) in [5.74, 6) is 0.0440. The third-order valence-corrected chi connectivity index (χ3v) is 3.78. The second-order valence-corrected chi connectivity index (χ2v) is 5.44. The van der Waals surface area contributed by atoms with E-state index in [0.717, 1.165) is 23.9 Å². The molecule has 86 valence electrons. The quantitative estimate of drug-likeness (QED) is 0.774. The molecule has 0 radical (unpaired) electrons. The molecular formula is C12H13BrClNO. The first-order chi connectivity index (χ1) is 7.59. The molecule has 2 nitrogen and oxygen atoms in total. The molecule has 16 heavy (non-hydrogen) atoms. The Balaban J connectivity index is 2.27. The minimum atomic E-state index is 0.0440. The molecule has 0 saturated carbocycles. The van der Waals surface area contributed by atoms with Crippen LogP contribution < -0.4 is 0 Å². The van der Waals surface area contributed by atoms with Crippen molar-refractivity contribution in [3.63, 3.8) is 0 Å². The summed E-state index contributed by atoms with van der Waals surface area (Å²) in [5.41, 5.74) is 0.596. The van der Waals surface area contributed by atoms with Crippen molar-refractivity contribution in [1.82, 2.24) is 4.90 Å².